The molecular weight excluding hydrogens is 346 g/mol. The van der Waals surface area contributed by atoms with Gasteiger partial charge in [-0.15, -0.1) is 0 Å². The molecule has 2 amide bonds. The SMILES string of the molecule is COCC(C)n1c(CCCC(=O)N2CCNC(=O)CC2)nc2cccnc21. The van der Waals surface area contributed by atoms with Gasteiger partial charge in [0.2, 0.25) is 11.8 Å². The number of imidazole rings is 1. The summed E-state index contributed by atoms with van der Waals surface area (Å²) in [7, 11) is 1.68. The summed E-state index contributed by atoms with van der Waals surface area (Å²) in [5.74, 6) is 1.03. The molecule has 3 rings (SSSR count). The summed E-state index contributed by atoms with van der Waals surface area (Å²) in [6.07, 6.45) is 3.99. The standard InChI is InChI=1S/C19H27N5O3/c1-14(13-27-2)24-16(22-15-5-4-9-21-19(15)24)6-3-7-18(26)23-11-8-17(25)20-10-12-23/h4-5,9,14H,3,6-8,10-13H2,1-2H3,(H,20,25). The number of nitrogens with zero attached hydrogens (tertiary/aromatic N) is 4. The van der Waals surface area contributed by atoms with Crippen molar-refractivity contribution >= 4 is 23.0 Å². The molecule has 1 atom stereocenters. The highest BCUT2D eigenvalue weighted by atomic mass is 16.5. The van der Waals surface area contributed by atoms with Crippen molar-refractivity contribution in [2.45, 2.75) is 38.6 Å². The number of hydrogen-bond donors (Lipinski definition) is 1. The first kappa shape index (κ1) is 19.3. The molecule has 8 nitrogen and oxygen atoms in total. The predicted octanol–water partition coefficient (Wildman–Crippen LogP) is 1.31. The summed E-state index contributed by atoms with van der Waals surface area (Å²) in [5, 5.41) is 2.79. The molecule has 2 aromatic heterocycles. The van der Waals surface area contributed by atoms with Gasteiger partial charge in [-0.3, -0.25) is 9.59 Å². The normalized spacial score (nSPS) is 16.2. The van der Waals surface area contributed by atoms with Crippen LogP contribution in [0.2, 0.25) is 0 Å². The maximum Gasteiger partial charge on any atom is 0.222 e. The zero-order chi connectivity index (χ0) is 19.2. The van der Waals surface area contributed by atoms with Crippen molar-refractivity contribution in [3.63, 3.8) is 0 Å². The molecule has 1 aliphatic heterocycles. The highest BCUT2D eigenvalue weighted by Gasteiger charge is 2.20. The Balaban J connectivity index is 1.65. The van der Waals surface area contributed by atoms with Crippen LogP contribution in [0.3, 0.4) is 0 Å². The van der Waals surface area contributed by atoms with Gasteiger partial charge in [-0.1, -0.05) is 0 Å². The van der Waals surface area contributed by atoms with Crippen molar-refractivity contribution in [2.75, 3.05) is 33.4 Å². The van der Waals surface area contributed by atoms with E-state index in [0.717, 1.165) is 17.0 Å². The minimum Gasteiger partial charge on any atom is -0.383 e. The topological polar surface area (TPSA) is 89.4 Å². The first-order valence-corrected chi connectivity index (χ1v) is 9.45. The third-order valence-electron chi connectivity index (χ3n) is 4.83. The Morgan fingerprint density at radius 1 is 1.41 bits per heavy atom. The Bertz CT molecular complexity index is 804. The number of nitrogens with one attached hydrogen (secondary N) is 1. The average molecular weight is 373 g/mol. The molecule has 2 aromatic rings. The van der Waals surface area contributed by atoms with Crippen LogP contribution in [0.5, 0.6) is 0 Å². The van der Waals surface area contributed by atoms with E-state index < -0.39 is 0 Å². The zero-order valence-electron chi connectivity index (χ0n) is 16.0. The molecule has 0 aliphatic carbocycles. The Kier molecular flexibility index (Phi) is 6.39. The number of carbonyl (C=O) groups is 2. The summed E-state index contributed by atoms with van der Waals surface area (Å²) >= 11 is 0. The van der Waals surface area contributed by atoms with Crippen LogP contribution in [-0.4, -0.2) is 64.6 Å². The summed E-state index contributed by atoms with van der Waals surface area (Å²) in [6.45, 7) is 4.26. The van der Waals surface area contributed by atoms with Gasteiger partial charge in [0.05, 0.1) is 12.6 Å². The van der Waals surface area contributed by atoms with Gasteiger partial charge in [0, 0.05) is 52.2 Å². The monoisotopic (exact) mass is 373 g/mol. The van der Waals surface area contributed by atoms with Gasteiger partial charge in [-0.25, -0.2) is 9.97 Å². The molecule has 0 aromatic carbocycles. The number of amides is 2. The second-order valence-corrected chi connectivity index (χ2v) is 6.88. The molecule has 1 N–H and O–H groups in total. The van der Waals surface area contributed by atoms with Crippen LogP contribution in [0.15, 0.2) is 18.3 Å². The van der Waals surface area contributed by atoms with Gasteiger partial charge in [-0.2, -0.15) is 0 Å². The van der Waals surface area contributed by atoms with Crippen LogP contribution >= 0.6 is 0 Å². The van der Waals surface area contributed by atoms with Gasteiger partial charge in [0.25, 0.3) is 0 Å². The predicted molar refractivity (Wildman–Crippen MR) is 101 cm³/mol. The maximum absolute atomic E-state index is 12.5. The molecule has 27 heavy (non-hydrogen) atoms. The Morgan fingerprint density at radius 2 is 2.26 bits per heavy atom. The fourth-order valence-electron chi connectivity index (χ4n) is 3.50. The Labute approximate surface area is 158 Å². The molecule has 0 radical (unpaired) electrons. The molecule has 0 bridgehead atoms. The minimum absolute atomic E-state index is 0.0126. The molecule has 1 aliphatic rings. The van der Waals surface area contributed by atoms with E-state index in [9.17, 15) is 9.59 Å². The fourth-order valence-corrected chi connectivity index (χ4v) is 3.50. The molecule has 1 unspecified atom stereocenters. The number of methoxy groups -OCH3 is 1. The summed E-state index contributed by atoms with van der Waals surface area (Å²) in [4.78, 5) is 34.8. The van der Waals surface area contributed by atoms with E-state index in [1.165, 1.54) is 0 Å². The first-order valence-electron chi connectivity index (χ1n) is 9.45. The maximum atomic E-state index is 12.5. The second-order valence-electron chi connectivity index (χ2n) is 6.88. The highest BCUT2D eigenvalue weighted by Crippen LogP contribution is 2.21. The summed E-state index contributed by atoms with van der Waals surface area (Å²) < 4.78 is 7.41. The third-order valence-corrected chi connectivity index (χ3v) is 4.83. The van der Waals surface area contributed by atoms with Gasteiger partial charge in [0.1, 0.15) is 11.3 Å². The Morgan fingerprint density at radius 3 is 3.07 bits per heavy atom. The molecule has 146 valence electrons. The van der Waals surface area contributed by atoms with Crippen molar-refractivity contribution in [3.05, 3.63) is 24.2 Å². The van der Waals surface area contributed by atoms with E-state index in [2.05, 4.69) is 21.8 Å². The number of aryl methyl sites for hydroxylation is 1. The number of carbonyl (C=O) groups excluding carboxylic acids is 2. The van der Waals surface area contributed by atoms with Crippen LogP contribution in [0.1, 0.15) is 38.1 Å². The number of ether oxygens (including phenoxy) is 1. The van der Waals surface area contributed by atoms with Gasteiger partial charge in [-0.05, 0) is 25.5 Å². The molecule has 3 heterocycles. The van der Waals surface area contributed by atoms with E-state index in [1.807, 2.05) is 12.1 Å². The van der Waals surface area contributed by atoms with Crippen LogP contribution < -0.4 is 5.32 Å². The first-order chi connectivity index (χ1) is 13.1. The lowest BCUT2D eigenvalue weighted by molar-refractivity contribution is -0.131. The van der Waals surface area contributed by atoms with E-state index in [0.29, 0.717) is 51.9 Å². The zero-order valence-corrected chi connectivity index (χ0v) is 16.0. The number of fused-ring (bicyclic) bond motifs is 1. The van der Waals surface area contributed by atoms with Crippen LogP contribution in [0.25, 0.3) is 11.2 Å². The number of pyridine rings is 1. The minimum atomic E-state index is 0.0126. The number of rotatable bonds is 7. The van der Waals surface area contributed by atoms with Crippen molar-refractivity contribution < 1.29 is 14.3 Å². The van der Waals surface area contributed by atoms with Crippen LogP contribution in [0.4, 0.5) is 0 Å². The van der Waals surface area contributed by atoms with E-state index in [-0.39, 0.29) is 17.9 Å². The van der Waals surface area contributed by atoms with Crippen molar-refractivity contribution in [1.29, 1.82) is 0 Å². The van der Waals surface area contributed by atoms with Gasteiger partial charge in [0.15, 0.2) is 5.65 Å². The van der Waals surface area contributed by atoms with E-state index in [1.54, 1.807) is 18.2 Å². The average Bonchev–Trinajstić information content (AvgIpc) is 2.88. The van der Waals surface area contributed by atoms with Crippen LogP contribution in [0, 0.1) is 0 Å². The number of aromatic nitrogens is 3. The van der Waals surface area contributed by atoms with Gasteiger partial charge < -0.3 is 19.5 Å². The third kappa shape index (κ3) is 4.63. The van der Waals surface area contributed by atoms with E-state index >= 15 is 0 Å². The smallest absolute Gasteiger partial charge is 0.222 e. The molecule has 0 saturated carbocycles. The molecular formula is C19H27N5O3. The second kappa shape index (κ2) is 8.94. The molecule has 1 saturated heterocycles. The molecule has 8 heteroatoms. The summed E-state index contributed by atoms with van der Waals surface area (Å²) in [6, 6.07) is 3.94. The van der Waals surface area contributed by atoms with Crippen molar-refractivity contribution in [1.82, 2.24) is 24.8 Å². The summed E-state index contributed by atoms with van der Waals surface area (Å²) in [5.41, 5.74) is 1.71. The lowest BCUT2D eigenvalue weighted by Crippen LogP contribution is -2.34. The lowest BCUT2D eigenvalue weighted by Gasteiger charge is -2.19. The highest BCUT2D eigenvalue weighted by molar-refractivity contribution is 5.80. The lowest BCUT2D eigenvalue weighted by atomic mass is 10.2. The largest absolute Gasteiger partial charge is 0.383 e. The van der Waals surface area contributed by atoms with Crippen molar-refractivity contribution in [2.24, 2.45) is 0 Å². The van der Waals surface area contributed by atoms with E-state index in [4.69, 9.17) is 9.72 Å². The molecule has 1 fully saturated rings. The van der Waals surface area contributed by atoms with Crippen molar-refractivity contribution in [3.8, 4) is 0 Å². The quantitative estimate of drug-likeness (QED) is 0.790. The number of hydrogen-bond acceptors (Lipinski definition) is 5. The van der Waals surface area contributed by atoms with Crippen LogP contribution in [-0.2, 0) is 20.7 Å². The Hall–Kier alpha value is -2.48. The molecule has 0 spiro atoms. The fraction of sp³-hybridized carbons (Fsp3) is 0.579. The van der Waals surface area contributed by atoms with Gasteiger partial charge >= 0.3 is 0 Å².